The van der Waals surface area contributed by atoms with Gasteiger partial charge in [0, 0.05) is 17.1 Å². The Labute approximate surface area is 140 Å². The number of aryl methyl sites for hydroxylation is 1. The molecular weight excluding hydrogens is 338 g/mol. The average Bonchev–Trinajstić information content (AvgIpc) is 3.32. The zero-order valence-electron chi connectivity index (χ0n) is 12.8. The van der Waals surface area contributed by atoms with E-state index < -0.39 is 0 Å². The van der Waals surface area contributed by atoms with Crippen LogP contribution in [0.5, 0.6) is 0 Å². The van der Waals surface area contributed by atoms with E-state index in [9.17, 15) is 4.79 Å². The zero-order valence-corrected chi connectivity index (χ0v) is 14.3. The smallest absolute Gasteiger partial charge is 0.227 e. The highest BCUT2D eigenvalue weighted by Crippen LogP contribution is 2.29. The summed E-state index contributed by atoms with van der Waals surface area (Å²) in [6, 6.07) is 16.8. The molecule has 1 aliphatic carbocycles. The van der Waals surface area contributed by atoms with Gasteiger partial charge in [-0.1, -0.05) is 52.3 Å². The van der Waals surface area contributed by atoms with Gasteiger partial charge in [-0.05, 0) is 48.6 Å². The Balaban J connectivity index is 1.74. The molecule has 3 rings (SSSR count). The van der Waals surface area contributed by atoms with E-state index in [1.165, 1.54) is 11.1 Å². The van der Waals surface area contributed by atoms with Crippen molar-refractivity contribution in [3.05, 3.63) is 69.7 Å². The first-order valence-electron chi connectivity index (χ1n) is 7.72. The molecule has 0 atom stereocenters. The molecule has 0 aromatic heterocycles. The van der Waals surface area contributed by atoms with E-state index in [4.69, 9.17) is 0 Å². The molecular formula is C19H20BrNO. The lowest BCUT2D eigenvalue weighted by Gasteiger charge is -2.23. The third-order valence-electron chi connectivity index (χ3n) is 4.15. The number of hydrogen-bond acceptors (Lipinski definition) is 1. The molecule has 1 amide bonds. The molecule has 0 saturated heterocycles. The number of benzene rings is 2. The van der Waals surface area contributed by atoms with Crippen LogP contribution in [0.2, 0.25) is 0 Å². The molecule has 2 aromatic carbocycles. The van der Waals surface area contributed by atoms with Crippen LogP contribution in [-0.2, 0) is 17.8 Å². The van der Waals surface area contributed by atoms with Crippen LogP contribution in [0.15, 0.2) is 53.0 Å². The molecule has 114 valence electrons. The summed E-state index contributed by atoms with van der Waals surface area (Å²) in [5.74, 6) is 0.233. The number of carbonyl (C=O) groups excluding carboxylic acids is 1. The van der Waals surface area contributed by atoms with Crippen LogP contribution < -0.4 is 0 Å². The van der Waals surface area contributed by atoms with Crippen LogP contribution in [0.25, 0.3) is 0 Å². The lowest BCUT2D eigenvalue weighted by atomic mass is 10.0. The fourth-order valence-electron chi connectivity index (χ4n) is 2.71. The van der Waals surface area contributed by atoms with E-state index in [0.29, 0.717) is 19.0 Å². The second kappa shape index (κ2) is 6.66. The molecule has 0 heterocycles. The standard InChI is InChI=1S/C19H20BrNO/c1-14-5-2-3-7-16(14)12-19(22)21(18-9-10-18)13-15-6-4-8-17(20)11-15/h2-8,11,18H,9-10,12-13H2,1H3. The van der Waals surface area contributed by atoms with Crippen LogP contribution in [0.3, 0.4) is 0 Å². The molecule has 0 radical (unpaired) electrons. The van der Waals surface area contributed by atoms with Gasteiger partial charge in [-0.3, -0.25) is 4.79 Å². The molecule has 0 spiro atoms. The van der Waals surface area contributed by atoms with Crippen molar-refractivity contribution < 1.29 is 4.79 Å². The van der Waals surface area contributed by atoms with Crippen LogP contribution in [0.1, 0.15) is 29.5 Å². The molecule has 0 unspecified atom stereocenters. The number of carbonyl (C=O) groups is 1. The number of hydrogen-bond donors (Lipinski definition) is 0. The van der Waals surface area contributed by atoms with Gasteiger partial charge in [-0.25, -0.2) is 0 Å². The minimum Gasteiger partial charge on any atom is -0.335 e. The second-order valence-electron chi connectivity index (χ2n) is 5.99. The van der Waals surface area contributed by atoms with Gasteiger partial charge in [0.2, 0.25) is 5.91 Å². The molecule has 2 aromatic rings. The molecule has 0 aliphatic heterocycles. The predicted octanol–water partition coefficient (Wildman–Crippen LogP) is 4.49. The fraction of sp³-hybridized carbons (Fsp3) is 0.316. The third-order valence-corrected chi connectivity index (χ3v) is 4.65. The van der Waals surface area contributed by atoms with Gasteiger partial charge in [0.25, 0.3) is 0 Å². The summed E-state index contributed by atoms with van der Waals surface area (Å²) in [6.45, 7) is 2.77. The van der Waals surface area contributed by atoms with E-state index >= 15 is 0 Å². The Morgan fingerprint density at radius 1 is 1.18 bits per heavy atom. The summed E-state index contributed by atoms with van der Waals surface area (Å²) >= 11 is 3.50. The highest BCUT2D eigenvalue weighted by molar-refractivity contribution is 9.10. The Kier molecular flexibility index (Phi) is 4.63. The maximum atomic E-state index is 12.7. The zero-order chi connectivity index (χ0) is 15.5. The van der Waals surface area contributed by atoms with E-state index in [0.717, 1.165) is 22.9 Å². The van der Waals surface area contributed by atoms with Gasteiger partial charge in [0.1, 0.15) is 0 Å². The molecule has 0 bridgehead atoms. The highest BCUT2D eigenvalue weighted by Gasteiger charge is 2.32. The van der Waals surface area contributed by atoms with Crippen molar-refractivity contribution in [1.82, 2.24) is 4.90 Å². The molecule has 0 N–H and O–H groups in total. The largest absolute Gasteiger partial charge is 0.335 e. The maximum Gasteiger partial charge on any atom is 0.227 e. The van der Waals surface area contributed by atoms with Crippen molar-refractivity contribution in [2.45, 2.75) is 38.8 Å². The van der Waals surface area contributed by atoms with E-state index in [1.807, 2.05) is 29.2 Å². The SMILES string of the molecule is Cc1ccccc1CC(=O)N(Cc1cccc(Br)c1)C1CC1. The normalized spacial score (nSPS) is 13.9. The van der Waals surface area contributed by atoms with Crippen molar-refractivity contribution in [1.29, 1.82) is 0 Å². The van der Waals surface area contributed by atoms with Crippen LogP contribution in [-0.4, -0.2) is 16.8 Å². The summed E-state index contributed by atoms with van der Waals surface area (Å²) in [5, 5.41) is 0. The quantitative estimate of drug-likeness (QED) is 0.771. The van der Waals surface area contributed by atoms with Gasteiger partial charge in [-0.15, -0.1) is 0 Å². The Hall–Kier alpha value is -1.61. The van der Waals surface area contributed by atoms with Crippen LogP contribution in [0, 0.1) is 6.92 Å². The summed E-state index contributed by atoms with van der Waals surface area (Å²) in [5.41, 5.74) is 3.50. The first-order chi connectivity index (χ1) is 10.6. The van der Waals surface area contributed by atoms with Crippen molar-refractivity contribution in [2.24, 2.45) is 0 Å². The predicted molar refractivity (Wildman–Crippen MR) is 92.6 cm³/mol. The molecule has 1 aliphatic rings. The monoisotopic (exact) mass is 357 g/mol. The number of rotatable bonds is 5. The van der Waals surface area contributed by atoms with Crippen molar-refractivity contribution >= 4 is 21.8 Å². The minimum absolute atomic E-state index is 0.233. The van der Waals surface area contributed by atoms with Gasteiger partial charge in [0.15, 0.2) is 0 Å². The second-order valence-corrected chi connectivity index (χ2v) is 6.90. The van der Waals surface area contributed by atoms with E-state index in [1.54, 1.807) is 0 Å². The number of amides is 1. The first kappa shape index (κ1) is 15.3. The summed E-state index contributed by atoms with van der Waals surface area (Å²) in [7, 11) is 0. The third kappa shape index (κ3) is 3.77. The average molecular weight is 358 g/mol. The molecule has 2 nitrogen and oxygen atoms in total. The van der Waals surface area contributed by atoms with Gasteiger partial charge >= 0.3 is 0 Å². The van der Waals surface area contributed by atoms with E-state index in [-0.39, 0.29) is 5.91 Å². The summed E-state index contributed by atoms with van der Waals surface area (Å²) in [6.07, 6.45) is 2.76. The van der Waals surface area contributed by atoms with Gasteiger partial charge in [-0.2, -0.15) is 0 Å². The lowest BCUT2D eigenvalue weighted by molar-refractivity contribution is -0.131. The van der Waals surface area contributed by atoms with E-state index in [2.05, 4.69) is 47.1 Å². The summed E-state index contributed by atoms with van der Waals surface area (Å²) in [4.78, 5) is 14.8. The number of nitrogens with zero attached hydrogens (tertiary/aromatic N) is 1. The van der Waals surface area contributed by atoms with Crippen LogP contribution in [0.4, 0.5) is 0 Å². The fourth-order valence-corrected chi connectivity index (χ4v) is 3.16. The molecule has 1 fully saturated rings. The number of halogens is 1. The van der Waals surface area contributed by atoms with Crippen LogP contribution >= 0.6 is 15.9 Å². The Bertz CT molecular complexity index is 679. The van der Waals surface area contributed by atoms with Gasteiger partial charge in [0.05, 0.1) is 6.42 Å². The van der Waals surface area contributed by atoms with Crippen molar-refractivity contribution in [3.63, 3.8) is 0 Å². The molecule has 22 heavy (non-hydrogen) atoms. The van der Waals surface area contributed by atoms with Crippen molar-refractivity contribution in [2.75, 3.05) is 0 Å². The molecule has 1 saturated carbocycles. The summed E-state index contributed by atoms with van der Waals surface area (Å²) < 4.78 is 1.06. The molecule has 3 heteroatoms. The lowest BCUT2D eigenvalue weighted by Crippen LogP contribution is -2.34. The minimum atomic E-state index is 0.233. The topological polar surface area (TPSA) is 20.3 Å². The Morgan fingerprint density at radius 3 is 2.64 bits per heavy atom. The highest BCUT2D eigenvalue weighted by atomic mass is 79.9. The Morgan fingerprint density at radius 2 is 1.95 bits per heavy atom. The van der Waals surface area contributed by atoms with Gasteiger partial charge < -0.3 is 4.90 Å². The maximum absolute atomic E-state index is 12.7. The first-order valence-corrected chi connectivity index (χ1v) is 8.51. The van der Waals surface area contributed by atoms with Crippen molar-refractivity contribution in [3.8, 4) is 0 Å².